The zero-order chi connectivity index (χ0) is 43.5. The van der Waals surface area contributed by atoms with Gasteiger partial charge in [-0.25, -0.2) is 0 Å². The van der Waals surface area contributed by atoms with Gasteiger partial charge in [0.1, 0.15) is 0 Å². The van der Waals surface area contributed by atoms with Crippen LogP contribution in [-0.2, 0) is 26.4 Å². The minimum absolute atomic E-state index is 0.114. The maximum absolute atomic E-state index is 9.44. The van der Waals surface area contributed by atoms with E-state index in [4.69, 9.17) is 0 Å². The summed E-state index contributed by atoms with van der Waals surface area (Å²) in [4.78, 5) is 0. The van der Waals surface area contributed by atoms with Crippen LogP contribution in [0.5, 0.6) is 0 Å². The average Bonchev–Trinajstić information content (AvgIpc) is 4.11. The van der Waals surface area contributed by atoms with E-state index in [1.807, 2.05) is 0 Å². The van der Waals surface area contributed by atoms with Gasteiger partial charge in [0.25, 0.3) is 0 Å². The molecule has 3 unspecified atom stereocenters. The zero-order valence-electron chi connectivity index (χ0n) is 39.3. The van der Waals surface area contributed by atoms with Crippen LogP contribution in [0.15, 0.2) is 96.1 Å². The summed E-state index contributed by atoms with van der Waals surface area (Å²) in [5, 5.41) is 0. The van der Waals surface area contributed by atoms with E-state index in [1.165, 1.54) is 139 Å². The van der Waals surface area contributed by atoms with Crippen molar-refractivity contribution >= 4 is 35.1 Å². The average molecular weight is 960 g/mol. The van der Waals surface area contributed by atoms with Gasteiger partial charge in [0.15, 0.2) is 0 Å². The van der Waals surface area contributed by atoms with Gasteiger partial charge in [0.05, 0.1) is 0 Å². The monoisotopic (exact) mass is 957 g/mol. The van der Waals surface area contributed by atoms with E-state index in [2.05, 4.69) is 152 Å². The van der Waals surface area contributed by atoms with Crippen molar-refractivity contribution in [3.05, 3.63) is 129 Å². The van der Waals surface area contributed by atoms with E-state index in [0.717, 1.165) is 18.3 Å². The first-order chi connectivity index (χ1) is 29.4. The fourth-order valence-corrected chi connectivity index (χ4v) is 55.9. The van der Waals surface area contributed by atoms with Crippen molar-refractivity contribution in [1.82, 2.24) is 0 Å². The summed E-state index contributed by atoms with van der Waals surface area (Å²) in [6.07, 6.45) is 22.8. The molecule has 0 radical (unpaired) electrons. The van der Waals surface area contributed by atoms with E-state index in [1.54, 1.807) is 11.1 Å². The van der Waals surface area contributed by atoms with Gasteiger partial charge in [-0.2, -0.15) is 0 Å². The predicted octanol–water partition coefficient (Wildman–Crippen LogP) is 17.9. The Balaban J connectivity index is 1.18. The summed E-state index contributed by atoms with van der Waals surface area (Å²) in [5.74, 6) is 0.0582. The van der Waals surface area contributed by atoms with Gasteiger partial charge in [-0.3, -0.25) is 0 Å². The van der Waals surface area contributed by atoms with Gasteiger partial charge >= 0.3 is 388 Å². The first kappa shape index (κ1) is 43.9. The number of hydrogen-bond acceptors (Lipinski definition) is 0. The zero-order valence-corrected chi connectivity index (χ0v) is 44.4. The molecule has 0 amide bonds. The molecule has 10 rings (SSSR count). The Morgan fingerprint density at radius 2 is 0.968 bits per heavy atom. The molecule has 6 aliphatic carbocycles. The van der Waals surface area contributed by atoms with Crippen molar-refractivity contribution in [3.63, 3.8) is 0 Å². The Morgan fingerprint density at radius 3 is 1.29 bits per heavy atom. The van der Waals surface area contributed by atoms with Crippen LogP contribution in [0.3, 0.4) is 0 Å². The molecule has 0 spiro atoms. The Morgan fingerprint density at radius 1 is 0.581 bits per heavy atom. The molecule has 0 heterocycles. The number of hydrogen-bond donors (Lipinski definition) is 0. The van der Waals surface area contributed by atoms with Crippen molar-refractivity contribution in [3.8, 4) is 22.3 Å². The first-order valence-corrected chi connectivity index (χ1v) is 40.8. The molecule has 4 bridgehead atoms. The van der Waals surface area contributed by atoms with Gasteiger partial charge in [-0.1, -0.05) is 0 Å². The topological polar surface area (TPSA) is 0 Å². The Bertz CT molecular complexity index is 2260. The standard InChI is InChI=1S/2C27H31.C4H11Si.2ClH.Zr/c2*1-26(2,3)23-9-7-21(8-10-23)24-6-4-5-22-15-20(16-25(22)24)18-27-13-11-19(17-27)12-14-27;1-3-4-5-2;;;/h2*4-10,15-16,19H,11-14,17-18H2,1-3H3;5H,3-4H2,1-2H3;2*1H;/q;;;;;+2/p-2. The number of allylic oxidation sites excluding steroid dienone is 2. The van der Waals surface area contributed by atoms with Gasteiger partial charge < -0.3 is 0 Å². The van der Waals surface area contributed by atoms with Crippen LogP contribution in [0.1, 0.15) is 173 Å². The van der Waals surface area contributed by atoms with Crippen molar-refractivity contribution in [2.24, 2.45) is 22.7 Å². The van der Waals surface area contributed by atoms with Crippen LogP contribution in [0.25, 0.3) is 34.4 Å². The van der Waals surface area contributed by atoms with Gasteiger partial charge in [-0.15, -0.1) is 0 Å². The Hall–Kier alpha value is -1.96. The molecule has 4 saturated carbocycles. The molecule has 4 heteroatoms. The number of benzene rings is 4. The van der Waals surface area contributed by atoms with E-state index in [-0.39, 0.29) is 18.1 Å². The van der Waals surface area contributed by atoms with Crippen LogP contribution in [-0.4, -0.2) is 5.92 Å². The van der Waals surface area contributed by atoms with E-state index < -0.39 is 21.5 Å². The maximum atomic E-state index is 9.44. The van der Waals surface area contributed by atoms with E-state index >= 15 is 0 Å². The number of fused-ring (bicyclic) bond motifs is 6. The summed E-state index contributed by atoms with van der Waals surface area (Å²) in [5.41, 5.74) is 18.2. The van der Waals surface area contributed by atoms with Gasteiger partial charge in [0.2, 0.25) is 0 Å². The number of rotatable bonds is 11. The van der Waals surface area contributed by atoms with Crippen molar-refractivity contribution < 1.29 is 15.6 Å². The second kappa shape index (κ2) is 15.6. The fraction of sp³-hybridized carbons (Fsp3) is 0.517. The van der Waals surface area contributed by atoms with Crippen LogP contribution in [0.4, 0.5) is 0 Å². The van der Waals surface area contributed by atoms with Gasteiger partial charge in [-0.05, 0) is 0 Å². The molecule has 0 saturated heterocycles. The fourth-order valence-electron chi connectivity index (χ4n) is 14.8. The third kappa shape index (κ3) is 7.28. The molecule has 0 aromatic heterocycles. The third-order valence-electron chi connectivity index (χ3n) is 18.1. The molecule has 4 fully saturated rings. The SMILES string of the molecule is CCC[SiH](C)[Zr]([Cl])([Cl])([CH]1C(CC23CCC(CC2)C3)=Cc2c(-c3ccc(C(C)(C)C)cc3)cccc21)[CH]1C(CC23CCC(CC2)C3)=Cc2c(-c3ccc(C(C)(C)C)cc3)cccc21. The number of halogens is 2. The Kier molecular flexibility index (Phi) is 11.0. The Labute approximate surface area is 384 Å². The molecular formula is C58H73Cl2SiZr. The van der Waals surface area contributed by atoms with E-state index in [9.17, 15) is 17.0 Å². The summed E-state index contributed by atoms with van der Waals surface area (Å²) in [6, 6.07) is 34.7. The summed E-state index contributed by atoms with van der Waals surface area (Å²) in [6.45, 7) is 19.0. The van der Waals surface area contributed by atoms with E-state index in [0.29, 0.717) is 10.8 Å². The van der Waals surface area contributed by atoms with Crippen molar-refractivity contribution in [2.45, 2.75) is 163 Å². The van der Waals surface area contributed by atoms with Crippen LogP contribution in [0.2, 0.25) is 12.6 Å². The second-order valence-electron chi connectivity index (χ2n) is 24.1. The third-order valence-corrected chi connectivity index (χ3v) is 68.6. The normalized spacial score (nSPS) is 28.7. The molecule has 0 nitrogen and oxygen atoms in total. The van der Waals surface area contributed by atoms with Gasteiger partial charge in [0, 0.05) is 0 Å². The summed E-state index contributed by atoms with van der Waals surface area (Å²) in [7, 11) is 18.9. The molecule has 6 aliphatic rings. The van der Waals surface area contributed by atoms with Crippen LogP contribution >= 0.6 is 17.0 Å². The quantitative estimate of drug-likeness (QED) is 0.131. The molecule has 4 aromatic rings. The van der Waals surface area contributed by atoms with Crippen LogP contribution in [0, 0.1) is 22.7 Å². The molecule has 3 atom stereocenters. The second-order valence-corrected chi connectivity index (χ2v) is 65.5. The predicted molar refractivity (Wildman–Crippen MR) is 270 cm³/mol. The summed E-state index contributed by atoms with van der Waals surface area (Å²) >= 11 is -5.15. The van der Waals surface area contributed by atoms with Crippen molar-refractivity contribution in [2.75, 3.05) is 0 Å². The molecule has 0 N–H and O–H groups in total. The van der Waals surface area contributed by atoms with Crippen LogP contribution < -0.4 is 0 Å². The summed E-state index contributed by atoms with van der Waals surface area (Å²) < 4.78 is 0.273. The molecular weight excluding hydrogens is 887 g/mol. The minimum atomic E-state index is -5.15. The molecule has 0 aliphatic heterocycles. The van der Waals surface area contributed by atoms with Crippen molar-refractivity contribution in [1.29, 1.82) is 0 Å². The molecule has 4 aromatic carbocycles. The molecule has 62 heavy (non-hydrogen) atoms. The molecule has 327 valence electrons. The first-order valence-electron chi connectivity index (χ1n) is 24.9.